The number of thiophene rings is 1. The molecule has 3 heterocycles. The van der Waals surface area contributed by atoms with E-state index in [1.54, 1.807) is 12.1 Å². The number of aromatic nitrogens is 2. The van der Waals surface area contributed by atoms with Gasteiger partial charge >= 0.3 is 0 Å². The minimum Gasteiger partial charge on any atom is -0.309 e. The summed E-state index contributed by atoms with van der Waals surface area (Å²) < 4.78 is 13.3. The van der Waals surface area contributed by atoms with Crippen molar-refractivity contribution in [2.24, 2.45) is 0 Å². The summed E-state index contributed by atoms with van der Waals surface area (Å²) in [6.07, 6.45) is 0. The maximum Gasteiger partial charge on any atom is 0.260 e. The molecule has 0 aliphatic carbocycles. The molecule has 1 fully saturated rings. The van der Waals surface area contributed by atoms with Crippen LogP contribution in [-0.4, -0.2) is 45.9 Å². The van der Waals surface area contributed by atoms with E-state index in [1.165, 1.54) is 29.0 Å². The van der Waals surface area contributed by atoms with Crippen molar-refractivity contribution >= 4 is 33.2 Å². The molecule has 5 rings (SSSR count). The highest BCUT2D eigenvalue weighted by molar-refractivity contribution is 7.17. The Morgan fingerprint density at radius 3 is 2.47 bits per heavy atom. The van der Waals surface area contributed by atoms with Gasteiger partial charge in [-0.05, 0) is 35.4 Å². The fraction of sp³-hybridized carbons (Fsp3) is 0.250. The molecule has 0 atom stereocenters. The smallest absolute Gasteiger partial charge is 0.260 e. The number of piperazine rings is 1. The molecule has 8 heteroatoms. The monoisotopic (exact) mass is 468 g/mol. The Bertz CT molecular complexity index is 1300. The van der Waals surface area contributed by atoms with Crippen LogP contribution in [0.4, 0.5) is 4.39 Å². The van der Waals surface area contributed by atoms with Crippen LogP contribution in [0, 0.1) is 5.82 Å². The molecule has 0 amide bonds. The van der Waals surface area contributed by atoms with E-state index in [4.69, 9.17) is 16.6 Å². The summed E-state index contributed by atoms with van der Waals surface area (Å²) in [5.74, 6) is 0.383. The fourth-order valence-corrected chi connectivity index (χ4v) is 5.30. The topological polar surface area (TPSA) is 52.2 Å². The van der Waals surface area contributed by atoms with Crippen LogP contribution in [0.3, 0.4) is 0 Å². The molecular formula is C24H22ClFN4OS. The summed E-state index contributed by atoms with van der Waals surface area (Å²) in [5, 5.41) is 3.25. The second kappa shape index (κ2) is 9.11. The van der Waals surface area contributed by atoms with Gasteiger partial charge in [0.1, 0.15) is 16.5 Å². The molecule has 5 nitrogen and oxygen atoms in total. The largest absolute Gasteiger partial charge is 0.309 e. The van der Waals surface area contributed by atoms with Crippen LogP contribution in [0.1, 0.15) is 11.4 Å². The van der Waals surface area contributed by atoms with Crippen LogP contribution in [0.2, 0.25) is 5.02 Å². The molecule has 0 unspecified atom stereocenters. The third kappa shape index (κ3) is 4.61. The second-order valence-electron chi connectivity index (χ2n) is 8.03. The van der Waals surface area contributed by atoms with E-state index in [-0.39, 0.29) is 11.4 Å². The minimum atomic E-state index is -0.296. The normalized spacial score (nSPS) is 15.4. The van der Waals surface area contributed by atoms with Gasteiger partial charge in [0.25, 0.3) is 5.56 Å². The van der Waals surface area contributed by atoms with E-state index in [9.17, 15) is 9.18 Å². The van der Waals surface area contributed by atoms with Gasteiger partial charge < -0.3 is 4.98 Å². The summed E-state index contributed by atoms with van der Waals surface area (Å²) in [4.78, 5) is 25.9. The van der Waals surface area contributed by atoms with Crippen LogP contribution in [0.25, 0.3) is 21.3 Å². The standard InChI is InChI=1S/C24H22ClFN4OS/c25-18-3-1-2-16(12-18)13-29-8-10-30(11-9-29)14-21-27-23(31)22-20(15-32-24(22)28-21)17-4-6-19(26)7-5-17/h1-7,12,15H,8-11,13-14H2,(H,27,28,31). The first-order chi connectivity index (χ1) is 15.5. The van der Waals surface area contributed by atoms with Crippen LogP contribution in [0.15, 0.2) is 58.7 Å². The summed E-state index contributed by atoms with van der Waals surface area (Å²) in [6, 6.07) is 14.2. The highest BCUT2D eigenvalue weighted by atomic mass is 35.5. The number of halogens is 2. The zero-order chi connectivity index (χ0) is 22.1. The van der Waals surface area contributed by atoms with Crippen molar-refractivity contribution in [2.45, 2.75) is 13.1 Å². The molecule has 0 bridgehead atoms. The molecule has 1 aliphatic heterocycles. The van der Waals surface area contributed by atoms with Crippen molar-refractivity contribution in [3.8, 4) is 11.1 Å². The van der Waals surface area contributed by atoms with Gasteiger partial charge in [0.2, 0.25) is 0 Å². The first-order valence-electron chi connectivity index (χ1n) is 10.5. The van der Waals surface area contributed by atoms with E-state index in [0.717, 1.165) is 48.9 Å². The summed E-state index contributed by atoms with van der Waals surface area (Å²) >= 11 is 7.54. The molecule has 0 radical (unpaired) electrons. The predicted molar refractivity (Wildman–Crippen MR) is 128 cm³/mol. The Hall–Kier alpha value is -2.58. The number of fused-ring (bicyclic) bond motifs is 1. The Labute approximate surface area is 194 Å². The van der Waals surface area contributed by atoms with E-state index >= 15 is 0 Å². The second-order valence-corrected chi connectivity index (χ2v) is 9.33. The lowest BCUT2D eigenvalue weighted by Crippen LogP contribution is -2.45. The van der Waals surface area contributed by atoms with Crippen molar-refractivity contribution in [2.75, 3.05) is 26.2 Å². The number of rotatable bonds is 5. The molecule has 1 saturated heterocycles. The van der Waals surface area contributed by atoms with Gasteiger partial charge in [0.05, 0.1) is 11.9 Å². The lowest BCUT2D eigenvalue weighted by molar-refractivity contribution is 0.120. The van der Waals surface area contributed by atoms with E-state index < -0.39 is 0 Å². The quantitative estimate of drug-likeness (QED) is 0.458. The van der Waals surface area contributed by atoms with Gasteiger partial charge in [-0.1, -0.05) is 35.9 Å². The molecule has 32 heavy (non-hydrogen) atoms. The Kier molecular flexibility index (Phi) is 6.06. The molecule has 2 aromatic carbocycles. The van der Waals surface area contributed by atoms with Crippen LogP contribution in [0.5, 0.6) is 0 Å². The Morgan fingerprint density at radius 1 is 1.03 bits per heavy atom. The lowest BCUT2D eigenvalue weighted by atomic mass is 10.1. The van der Waals surface area contributed by atoms with Gasteiger partial charge in [-0.25, -0.2) is 9.37 Å². The van der Waals surface area contributed by atoms with Gasteiger partial charge in [-0.2, -0.15) is 0 Å². The maximum absolute atomic E-state index is 13.3. The molecule has 164 valence electrons. The minimum absolute atomic E-state index is 0.148. The average molecular weight is 469 g/mol. The molecule has 0 saturated carbocycles. The van der Waals surface area contributed by atoms with Gasteiger partial charge in [0, 0.05) is 48.7 Å². The number of aromatic amines is 1. The Morgan fingerprint density at radius 2 is 1.75 bits per heavy atom. The summed E-state index contributed by atoms with van der Waals surface area (Å²) in [7, 11) is 0. The first kappa shape index (κ1) is 21.3. The molecule has 1 N–H and O–H groups in total. The SMILES string of the molecule is O=c1[nH]c(CN2CCN(Cc3cccc(Cl)c3)CC2)nc2scc(-c3ccc(F)cc3)c12. The van der Waals surface area contributed by atoms with Crippen molar-refractivity contribution in [1.82, 2.24) is 19.8 Å². The highest BCUT2D eigenvalue weighted by Crippen LogP contribution is 2.30. The van der Waals surface area contributed by atoms with Crippen LogP contribution < -0.4 is 5.56 Å². The number of hydrogen-bond donors (Lipinski definition) is 1. The molecule has 2 aromatic heterocycles. The zero-order valence-electron chi connectivity index (χ0n) is 17.4. The van der Waals surface area contributed by atoms with E-state index in [2.05, 4.69) is 20.9 Å². The van der Waals surface area contributed by atoms with Crippen molar-refractivity contribution < 1.29 is 4.39 Å². The lowest BCUT2D eigenvalue weighted by Gasteiger charge is -2.34. The highest BCUT2D eigenvalue weighted by Gasteiger charge is 2.19. The van der Waals surface area contributed by atoms with Crippen molar-refractivity contribution in [1.29, 1.82) is 0 Å². The van der Waals surface area contributed by atoms with Gasteiger partial charge in [-0.15, -0.1) is 11.3 Å². The van der Waals surface area contributed by atoms with Crippen LogP contribution in [-0.2, 0) is 13.1 Å². The van der Waals surface area contributed by atoms with Crippen LogP contribution >= 0.6 is 22.9 Å². The molecule has 1 aliphatic rings. The number of nitrogens with zero attached hydrogens (tertiary/aromatic N) is 3. The number of nitrogens with one attached hydrogen (secondary N) is 1. The zero-order valence-corrected chi connectivity index (χ0v) is 18.9. The number of H-pyrrole nitrogens is 1. The number of benzene rings is 2. The average Bonchev–Trinajstić information content (AvgIpc) is 3.20. The van der Waals surface area contributed by atoms with Crippen molar-refractivity contribution in [3.05, 3.63) is 86.5 Å². The van der Waals surface area contributed by atoms with E-state index in [0.29, 0.717) is 22.6 Å². The maximum atomic E-state index is 13.3. The fourth-order valence-electron chi connectivity index (χ4n) is 4.12. The van der Waals surface area contributed by atoms with E-state index in [1.807, 2.05) is 23.6 Å². The Balaban J connectivity index is 1.26. The molecule has 4 aromatic rings. The summed E-state index contributed by atoms with van der Waals surface area (Å²) in [6.45, 7) is 5.22. The number of hydrogen-bond acceptors (Lipinski definition) is 5. The third-order valence-electron chi connectivity index (χ3n) is 5.78. The molecule has 0 spiro atoms. The first-order valence-corrected chi connectivity index (χ1v) is 11.8. The van der Waals surface area contributed by atoms with Crippen molar-refractivity contribution in [3.63, 3.8) is 0 Å². The van der Waals surface area contributed by atoms with Gasteiger partial charge in [0.15, 0.2) is 0 Å². The third-order valence-corrected chi connectivity index (χ3v) is 6.89. The van der Waals surface area contributed by atoms with Gasteiger partial charge in [-0.3, -0.25) is 14.6 Å². The molecular weight excluding hydrogens is 447 g/mol. The summed E-state index contributed by atoms with van der Waals surface area (Å²) in [5.41, 5.74) is 2.68. The predicted octanol–water partition coefficient (Wildman–Crippen LogP) is 4.76.